The highest BCUT2D eigenvalue weighted by Gasteiger charge is 2.51. The second kappa shape index (κ2) is 9.40. The van der Waals surface area contributed by atoms with E-state index in [0.29, 0.717) is 22.7 Å². The fourth-order valence-electron chi connectivity index (χ4n) is 3.51. The topological polar surface area (TPSA) is 105 Å². The van der Waals surface area contributed by atoms with E-state index in [-0.39, 0.29) is 0 Å². The highest BCUT2D eigenvalue weighted by Crippen LogP contribution is 2.32. The highest BCUT2D eigenvalue weighted by atomic mass is 35.5. The van der Waals surface area contributed by atoms with Gasteiger partial charge in [0.05, 0.1) is 0 Å². The third-order valence-corrected chi connectivity index (χ3v) is 5.63. The van der Waals surface area contributed by atoms with Crippen molar-refractivity contribution < 1.29 is 23.9 Å². The number of benzene rings is 2. The molecule has 4 amide bonds. The quantitative estimate of drug-likeness (QED) is 0.490. The molecule has 32 heavy (non-hydrogen) atoms. The summed E-state index contributed by atoms with van der Waals surface area (Å²) in [5, 5.41) is 5.80. The number of aryl methyl sites for hydroxylation is 1. The van der Waals surface area contributed by atoms with Gasteiger partial charge in [-0.25, -0.2) is 4.79 Å². The van der Waals surface area contributed by atoms with E-state index in [4.69, 9.17) is 16.3 Å². The van der Waals surface area contributed by atoms with E-state index in [2.05, 4.69) is 10.6 Å². The monoisotopic (exact) mass is 457 g/mol. The van der Waals surface area contributed by atoms with Gasteiger partial charge >= 0.3 is 12.0 Å². The minimum absolute atomic E-state index is 0.310. The first-order chi connectivity index (χ1) is 15.2. The predicted molar refractivity (Wildman–Crippen MR) is 119 cm³/mol. The number of nitrogens with zero attached hydrogens (tertiary/aromatic N) is 1. The van der Waals surface area contributed by atoms with Crippen molar-refractivity contribution in [3.05, 3.63) is 64.7 Å². The normalized spacial score (nSPS) is 18.8. The van der Waals surface area contributed by atoms with Crippen LogP contribution < -0.4 is 10.6 Å². The van der Waals surface area contributed by atoms with Gasteiger partial charge in [-0.15, -0.1) is 0 Å². The first-order valence-corrected chi connectivity index (χ1v) is 10.5. The molecule has 0 aromatic heterocycles. The third kappa shape index (κ3) is 4.60. The van der Waals surface area contributed by atoms with Crippen LogP contribution in [0.1, 0.15) is 31.4 Å². The number of nitrogens with one attached hydrogen (secondary N) is 2. The Bertz CT molecular complexity index is 1060. The van der Waals surface area contributed by atoms with Gasteiger partial charge in [0.1, 0.15) is 12.1 Å². The van der Waals surface area contributed by atoms with Crippen molar-refractivity contribution in [2.45, 2.75) is 38.8 Å². The lowest BCUT2D eigenvalue weighted by molar-refractivity contribution is -0.155. The summed E-state index contributed by atoms with van der Waals surface area (Å²) in [6, 6.07) is 13.2. The third-order valence-electron chi connectivity index (χ3n) is 5.39. The second-order valence-electron chi connectivity index (χ2n) is 7.53. The smallest absolute Gasteiger partial charge is 0.327 e. The van der Waals surface area contributed by atoms with Gasteiger partial charge in [-0.3, -0.25) is 19.3 Å². The lowest BCUT2D eigenvalue weighted by Gasteiger charge is -2.25. The predicted octanol–water partition coefficient (Wildman–Crippen LogP) is 3.38. The Morgan fingerprint density at radius 2 is 1.88 bits per heavy atom. The summed E-state index contributed by atoms with van der Waals surface area (Å²) in [4.78, 5) is 51.2. The SMILES string of the molecule is CCC1(c2ccccc2)NC(=O)N(CC(=O)OC(C)C(=O)Nc2cc(Cl)ccc2C)C1=O. The zero-order valence-electron chi connectivity index (χ0n) is 18.0. The lowest BCUT2D eigenvalue weighted by Crippen LogP contribution is -2.44. The number of carbonyl (C=O) groups excluding carboxylic acids is 4. The van der Waals surface area contributed by atoms with E-state index in [9.17, 15) is 19.2 Å². The average molecular weight is 458 g/mol. The Balaban J connectivity index is 1.65. The maximum Gasteiger partial charge on any atom is 0.327 e. The van der Waals surface area contributed by atoms with E-state index in [1.165, 1.54) is 6.92 Å². The van der Waals surface area contributed by atoms with Gasteiger partial charge in [0.25, 0.3) is 11.8 Å². The first-order valence-electron chi connectivity index (χ1n) is 10.1. The molecule has 1 saturated heterocycles. The number of amides is 4. The van der Waals surface area contributed by atoms with Gasteiger partial charge < -0.3 is 15.4 Å². The number of imide groups is 1. The summed E-state index contributed by atoms with van der Waals surface area (Å²) < 4.78 is 5.16. The minimum atomic E-state index is -1.24. The molecule has 8 nitrogen and oxygen atoms in total. The maximum absolute atomic E-state index is 13.1. The molecule has 2 unspecified atom stereocenters. The zero-order chi connectivity index (χ0) is 23.5. The molecule has 9 heteroatoms. The Labute approximate surface area is 190 Å². The van der Waals surface area contributed by atoms with Crippen LogP contribution in [0.15, 0.2) is 48.5 Å². The molecule has 0 spiro atoms. The van der Waals surface area contributed by atoms with Crippen LogP contribution in [0.2, 0.25) is 5.02 Å². The van der Waals surface area contributed by atoms with Crippen LogP contribution in [0.25, 0.3) is 0 Å². The molecular formula is C23H24ClN3O5. The zero-order valence-corrected chi connectivity index (χ0v) is 18.7. The van der Waals surface area contributed by atoms with Crippen molar-refractivity contribution in [2.75, 3.05) is 11.9 Å². The van der Waals surface area contributed by atoms with Crippen molar-refractivity contribution in [3.63, 3.8) is 0 Å². The Morgan fingerprint density at radius 3 is 2.53 bits per heavy atom. The van der Waals surface area contributed by atoms with Gasteiger partial charge in [-0.05, 0) is 43.5 Å². The molecular weight excluding hydrogens is 434 g/mol. The van der Waals surface area contributed by atoms with Crippen LogP contribution in [0.5, 0.6) is 0 Å². The standard InChI is InChI=1S/C23H24ClN3O5/c1-4-23(16-8-6-5-7-9-16)21(30)27(22(31)26-23)13-19(28)32-15(3)20(29)25-18-12-17(24)11-10-14(18)2/h5-12,15H,4,13H2,1-3H3,(H,25,29)(H,26,31). The van der Waals surface area contributed by atoms with Crippen molar-refractivity contribution in [2.24, 2.45) is 0 Å². The molecule has 1 aliphatic heterocycles. The molecule has 168 valence electrons. The fourth-order valence-corrected chi connectivity index (χ4v) is 3.68. The number of anilines is 1. The van der Waals surface area contributed by atoms with Gasteiger partial charge in [-0.2, -0.15) is 0 Å². The van der Waals surface area contributed by atoms with Gasteiger partial charge in [0.2, 0.25) is 0 Å². The number of hydrogen-bond acceptors (Lipinski definition) is 5. The van der Waals surface area contributed by atoms with Crippen molar-refractivity contribution >= 4 is 41.1 Å². The average Bonchev–Trinajstić information content (AvgIpc) is 3.01. The summed E-state index contributed by atoms with van der Waals surface area (Å²) in [6.45, 7) is 4.37. The van der Waals surface area contributed by atoms with Crippen molar-refractivity contribution in [1.82, 2.24) is 10.2 Å². The molecule has 2 aromatic rings. The Morgan fingerprint density at radius 1 is 1.19 bits per heavy atom. The van der Waals surface area contributed by atoms with Crippen LogP contribution in [0, 0.1) is 6.92 Å². The van der Waals surface area contributed by atoms with Gasteiger partial charge in [0.15, 0.2) is 6.10 Å². The van der Waals surface area contributed by atoms with E-state index >= 15 is 0 Å². The number of rotatable bonds is 7. The lowest BCUT2D eigenvalue weighted by atomic mass is 9.87. The fraction of sp³-hybridized carbons (Fsp3) is 0.304. The molecule has 1 fully saturated rings. The molecule has 2 N–H and O–H groups in total. The Hall–Kier alpha value is -3.39. The van der Waals surface area contributed by atoms with Gasteiger partial charge in [0, 0.05) is 10.7 Å². The van der Waals surface area contributed by atoms with E-state index in [1.807, 2.05) is 0 Å². The molecule has 1 aliphatic rings. The molecule has 0 aliphatic carbocycles. The van der Waals surface area contributed by atoms with Gasteiger partial charge in [-0.1, -0.05) is 54.9 Å². The van der Waals surface area contributed by atoms with Crippen molar-refractivity contribution in [3.8, 4) is 0 Å². The molecule has 1 heterocycles. The molecule has 2 atom stereocenters. The number of carbonyl (C=O) groups is 4. The second-order valence-corrected chi connectivity index (χ2v) is 7.96. The van der Waals surface area contributed by atoms with Crippen LogP contribution in [-0.2, 0) is 24.7 Å². The molecule has 2 aromatic carbocycles. The number of halogens is 1. The molecule has 0 saturated carbocycles. The maximum atomic E-state index is 13.1. The van der Waals surface area contributed by atoms with Crippen LogP contribution in [-0.4, -0.2) is 41.4 Å². The molecule has 0 bridgehead atoms. The molecule has 3 rings (SSSR count). The van der Waals surface area contributed by atoms with Crippen LogP contribution in [0.4, 0.5) is 10.5 Å². The summed E-state index contributed by atoms with van der Waals surface area (Å²) in [5.41, 5.74) is 0.667. The highest BCUT2D eigenvalue weighted by molar-refractivity contribution is 6.31. The van der Waals surface area contributed by atoms with E-state index in [0.717, 1.165) is 10.5 Å². The summed E-state index contributed by atoms with van der Waals surface area (Å²) in [6.07, 6.45) is -0.836. The summed E-state index contributed by atoms with van der Waals surface area (Å²) in [7, 11) is 0. The number of esters is 1. The van der Waals surface area contributed by atoms with E-state index < -0.39 is 42.0 Å². The van der Waals surface area contributed by atoms with Crippen LogP contribution >= 0.6 is 11.6 Å². The Kier molecular flexibility index (Phi) is 6.84. The number of urea groups is 1. The van der Waals surface area contributed by atoms with Crippen molar-refractivity contribution in [1.29, 1.82) is 0 Å². The van der Waals surface area contributed by atoms with E-state index in [1.54, 1.807) is 62.4 Å². The first kappa shape index (κ1) is 23.3. The largest absolute Gasteiger partial charge is 0.451 e. The molecule has 0 radical (unpaired) electrons. The number of hydrogen-bond donors (Lipinski definition) is 2. The summed E-state index contributed by atoms with van der Waals surface area (Å²) in [5.74, 6) is -1.98. The van der Waals surface area contributed by atoms with Crippen LogP contribution in [0.3, 0.4) is 0 Å². The minimum Gasteiger partial charge on any atom is -0.451 e. The summed E-state index contributed by atoms with van der Waals surface area (Å²) >= 11 is 5.95. The number of ether oxygens (including phenoxy) is 1.